The SMILES string of the molecule is Cl.Cl.NC(N)=Nc1ccc(N2CCCCC2)cc1. The van der Waals surface area contributed by atoms with Crippen LogP contribution in [0, 0.1) is 0 Å². The van der Waals surface area contributed by atoms with Gasteiger partial charge in [-0.15, -0.1) is 24.8 Å². The Morgan fingerprint density at radius 3 is 2.00 bits per heavy atom. The van der Waals surface area contributed by atoms with E-state index in [9.17, 15) is 0 Å². The first-order valence-electron chi connectivity index (χ1n) is 5.70. The van der Waals surface area contributed by atoms with Gasteiger partial charge in [-0.2, -0.15) is 0 Å². The van der Waals surface area contributed by atoms with E-state index in [2.05, 4.69) is 22.0 Å². The second kappa shape index (κ2) is 8.06. The Hall–Kier alpha value is -1.13. The molecule has 1 aromatic rings. The minimum Gasteiger partial charge on any atom is -0.372 e. The number of hydrogen-bond acceptors (Lipinski definition) is 2. The molecule has 4 nitrogen and oxygen atoms in total. The smallest absolute Gasteiger partial charge is 0.191 e. The van der Waals surface area contributed by atoms with Gasteiger partial charge in [-0.3, -0.25) is 0 Å². The predicted molar refractivity (Wildman–Crippen MR) is 82.5 cm³/mol. The molecule has 1 heterocycles. The number of nitrogens with two attached hydrogens (primary N) is 2. The molecular weight excluding hydrogens is 271 g/mol. The van der Waals surface area contributed by atoms with Gasteiger partial charge in [-0.1, -0.05) is 0 Å². The molecule has 1 aliphatic rings. The summed E-state index contributed by atoms with van der Waals surface area (Å²) in [7, 11) is 0. The molecule has 18 heavy (non-hydrogen) atoms. The van der Waals surface area contributed by atoms with Crippen LogP contribution in [0.5, 0.6) is 0 Å². The molecule has 0 unspecified atom stereocenters. The predicted octanol–water partition coefficient (Wildman–Crippen LogP) is 2.43. The van der Waals surface area contributed by atoms with Crippen LogP contribution in [0.25, 0.3) is 0 Å². The van der Waals surface area contributed by atoms with Gasteiger partial charge in [-0.05, 0) is 43.5 Å². The van der Waals surface area contributed by atoms with Crippen molar-refractivity contribution in [3.8, 4) is 0 Å². The summed E-state index contributed by atoms with van der Waals surface area (Å²) in [6.45, 7) is 2.31. The van der Waals surface area contributed by atoms with E-state index in [-0.39, 0.29) is 30.8 Å². The Labute approximate surface area is 120 Å². The van der Waals surface area contributed by atoms with Gasteiger partial charge in [0.1, 0.15) is 0 Å². The maximum Gasteiger partial charge on any atom is 0.191 e. The fourth-order valence-electron chi connectivity index (χ4n) is 2.04. The average molecular weight is 291 g/mol. The van der Waals surface area contributed by atoms with E-state index >= 15 is 0 Å². The minimum atomic E-state index is 0. The fourth-order valence-corrected chi connectivity index (χ4v) is 2.04. The Bertz CT molecular complexity index is 368. The van der Waals surface area contributed by atoms with E-state index in [1.807, 2.05) is 12.1 Å². The van der Waals surface area contributed by atoms with Crippen LogP contribution in [-0.4, -0.2) is 19.0 Å². The summed E-state index contributed by atoms with van der Waals surface area (Å²) >= 11 is 0. The number of nitrogens with zero attached hydrogens (tertiary/aromatic N) is 2. The summed E-state index contributed by atoms with van der Waals surface area (Å²) in [6.07, 6.45) is 3.92. The highest BCUT2D eigenvalue weighted by Crippen LogP contribution is 2.22. The number of guanidine groups is 1. The zero-order valence-corrected chi connectivity index (χ0v) is 11.8. The van der Waals surface area contributed by atoms with Crippen LogP contribution in [-0.2, 0) is 0 Å². The number of aliphatic imine (C=N–C) groups is 1. The van der Waals surface area contributed by atoms with Crippen LogP contribution >= 0.6 is 24.8 Å². The summed E-state index contributed by atoms with van der Waals surface area (Å²) in [5, 5.41) is 0. The average Bonchev–Trinajstić information content (AvgIpc) is 2.30. The molecule has 102 valence electrons. The van der Waals surface area contributed by atoms with Gasteiger partial charge in [0.05, 0.1) is 5.69 Å². The molecule has 0 aromatic heterocycles. The second-order valence-corrected chi connectivity index (χ2v) is 4.10. The van der Waals surface area contributed by atoms with Gasteiger partial charge in [0, 0.05) is 18.8 Å². The van der Waals surface area contributed by atoms with Crippen molar-refractivity contribution in [3.05, 3.63) is 24.3 Å². The lowest BCUT2D eigenvalue weighted by atomic mass is 10.1. The Morgan fingerprint density at radius 2 is 1.50 bits per heavy atom. The lowest BCUT2D eigenvalue weighted by molar-refractivity contribution is 0.578. The topological polar surface area (TPSA) is 67.6 Å². The quantitative estimate of drug-likeness (QED) is 0.649. The van der Waals surface area contributed by atoms with Crippen LogP contribution in [0.2, 0.25) is 0 Å². The number of piperidine rings is 1. The van der Waals surface area contributed by atoms with Crippen LogP contribution < -0.4 is 16.4 Å². The van der Waals surface area contributed by atoms with Gasteiger partial charge >= 0.3 is 0 Å². The first-order chi connectivity index (χ1) is 7.75. The van der Waals surface area contributed by atoms with Crippen molar-refractivity contribution in [2.45, 2.75) is 19.3 Å². The van der Waals surface area contributed by atoms with Crippen molar-refractivity contribution in [3.63, 3.8) is 0 Å². The van der Waals surface area contributed by atoms with Crippen molar-refractivity contribution in [1.82, 2.24) is 0 Å². The summed E-state index contributed by atoms with van der Waals surface area (Å²) in [6, 6.07) is 8.05. The third-order valence-corrected chi connectivity index (χ3v) is 2.83. The molecule has 0 amide bonds. The van der Waals surface area contributed by atoms with Gasteiger partial charge in [-0.25, -0.2) is 4.99 Å². The largest absolute Gasteiger partial charge is 0.372 e. The lowest BCUT2D eigenvalue weighted by Crippen LogP contribution is -2.29. The second-order valence-electron chi connectivity index (χ2n) is 4.10. The molecule has 4 N–H and O–H groups in total. The highest BCUT2D eigenvalue weighted by atomic mass is 35.5. The number of halogens is 2. The Kier molecular flexibility index (Phi) is 7.55. The molecule has 2 rings (SSSR count). The Balaban J connectivity index is 0.00000144. The maximum absolute atomic E-state index is 5.32. The van der Waals surface area contributed by atoms with Crippen molar-refractivity contribution in [1.29, 1.82) is 0 Å². The first-order valence-corrected chi connectivity index (χ1v) is 5.70. The molecular formula is C12H20Cl2N4. The highest BCUT2D eigenvalue weighted by Gasteiger charge is 2.10. The Morgan fingerprint density at radius 1 is 0.944 bits per heavy atom. The summed E-state index contributed by atoms with van der Waals surface area (Å²) in [5.41, 5.74) is 12.7. The minimum absolute atomic E-state index is 0. The molecule has 6 heteroatoms. The monoisotopic (exact) mass is 290 g/mol. The number of anilines is 1. The maximum atomic E-state index is 5.32. The van der Waals surface area contributed by atoms with E-state index in [4.69, 9.17) is 11.5 Å². The van der Waals surface area contributed by atoms with E-state index in [1.54, 1.807) is 0 Å². The van der Waals surface area contributed by atoms with Crippen molar-refractivity contribution in [2.24, 2.45) is 16.5 Å². The first kappa shape index (κ1) is 16.9. The van der Waals surface area contributed by atoms with Crippen LogP contribution in [0.1, 0.15) is 19.3 Å². The molecule has 0 bridgehead atoms. The van der Waals surface area contributed by atoms with Crippen molar-refractivity contribution >= 4 is 42.1 Å². The fraction of sp³-hybridized carbons (Fsp3) is 0.417. The zero-order valence-electron chi connectivity index (χ0n) is 10.2. The molecule has 1 aromatic carbocycles. The van der Waals surface area contributed by atoms with Crippen LogP contribution in [0.4, 0.5) is 11.4 Å². The van der Waals surface area contributed by atoms with Gasteiger partial charge in [0.15, 0.2) is 5.96 Å². The molecule has 0 aliphatic carbocycles. The molecule has 0 spiro atoms. The molecule has 1 saturated heterocycles. The molecule has 0 saturated carbocycles. The van der Waals surface area contributed by atoms with E-state index in [0.29, 0.717) is 0 Å². The normalized spacial score (nSPS) is 14.1. The van der Waals surface area contributed by atoms with E-state index in [1.165, 1.54) is 24.9 Å². The third kappa shape index (κ3) is 4.63. The standard InChI is InChI=1S/C12H18N4.2ClH/c13-12(14)15-10-4-6-11(7-5-10)16-8-2-1-3-9-16;;/h4-7H,1-3,8-9H2,(H4,13,14,15);2*1H. The van der Waals surface area contributed by atoms with E-state index in [0.717, 1.165) is 18.8 Å². The summed E-state index contributed by atoms with van der Waals surface area (Å²) in [4.78, 5) is 6.40. The lowest BCUT2D eigenvalue weighted by Gasteiger charge is -2.28. The number of rotatable bonds is 2. The molecule has 1 aliphatic heterocycles. The zero-order chi connectivity index (χ0) is 11.4. The highest BCUT2D eigenvalue weighted by molar-refractivity contribution is 5.85. The van der Waals surface area contributed by atoms with Crippen LogP contribution in [0.3, 0.4) is 0 Å². The van der Waals surface area contributed by atoms with Crippen LogP contribution in [0.15, 0.2) is 29.3 Å². The van der Waals surface area contributed by atoms with Gasteiger partial charge in [0.25, 0.3) is 0 Å². The molecule has 1 fully saturated rings. The van der Waals surface area contributed by atoms with Crippen molar-refractivity contribution < 1.29 is 0 Å². The summed E-state index contributed by atoms with van der Waals surface area (Å²) < 4.78 is 0. The van der Waals surface area contributed by atoms with E-state index < -0.39 is 0 Å². The van der Waals surface area contributed by atoms with Crippen molar-refractivity contribution in [2.75, 3.05) is 18.0 Å². The van der Waals surface area contributed by atoms with Gasteiger partial charge < -0.3 is 16.4 Å². The molecule has 0 radical (unpaired) electrons. The molecule has 0 atom stereocenters. The summed E-state index contributed by atoms with van der Waals surface area (Å²) in [5.74, 6) is 0.103. The van der Waals surface area contributed by atoms with Gasteiger partial charge in [0.2, 0.25) is 0 Å². The number of benzene rings is 1. The number of hydrogen-bond donors (Lipinski definition) is 2. The third-order valence-electron chi connectivity index (χ3n) is 2.83.